The molecule has 0 bridgehead atoms. The van der Waals surface area contributed by atoms with Gasteiger partial charge in [-0.15, -0.1) is 54.5 Å². The average Bonchev–Trinajstić information content (AvgIpc) is 0.996. The van der Waals surface area contributed by atoms with Gasteiger partial charge in [-0.1, -0.05) is 25.2 Å². The smallest absolute Gasteiger partial charge is 0.389 e. The fraction of sp³-hybridized carbons (Fsp3) is 0.891. The van der Waals surface area contributed by atoms with Gasteiger partial charge in [0.2, 0.25) is 0 Å². The minimum absolute atomic E-state index is 0.372. The van der Waals surface area contributed by atoms with Gasteiger partial charge in [-0.2, -0.15) is 0 Å². The van der Waals surface area contributed by atoms with E-state index in [1.807, 2.05) is 6.92 Å². The summed E-state index contributed by atoms with van der Waals surface area (Å²) in [7, 11) is 20.8. The van der Waals surface area contributed by atoms with Crippen molar-refractivity contribution in [3.63, 3.8) is 0 Å². The van der Waals surface area contributed by atoms with Crippen LogP contribution in [0.2, 0.25) is 0 Å². The van der Waals surface area contributed by atoms with Gasteiger partial charge in [-0.25, -0.2) is 0 Å². The van der Waals surface area contributed by atoms with Crippen molar-refractivity contribution in [3.8, 4) is 0 Å². The van der Waals surface area contributed by atoms with Gasteiger partial charge < -0.3 is 190 Å². The largest absolute Gasteiger partial charge is 0.640 e. The van der Waals surface area contributed by atoms with Crippen LogP contribution in [0.15, 0.2) is 38.0 Å². The molecule has 0 spiro atoms. The number of alkyl halides is 3. The third-order valence-corrected chi connectivity index (χ3v) is 10.6. The molecule has 3 rings (SSSR count). The fourth-order valence-electron chi connectivity index (χ4n) is 5.71. The van der Waals surface area contributed by atoms with Gasteiger partial charge in [-0.05, 0) is 32.6 Å². The first-order valence-electron chi connectivity index (χ1n) is 34.3. The van der Waals surface area contributed by atoms with Gasteiger partial charge in [0, 0.05) is 271 Å². The van der Waals surface area contributed by atoms with Crippen molar-refractivity contribution in [1.82, 2.24) is 0 Å². The summed E-state index contributed by atoms with van der Waals surface area (Å²) >= 11 is 16.3. The van der Waals surface area contributed by atoms with E-state index in [0.29, 0.717) is 123 Å². The maximum atomic E-state index is 5.43. The molecule has 0 amide bonds. The van der Waals surface area contributed by atoms with Gasteiger partial charge in [0.05, 0.1) is 19.8 Å². The molecule has 0 aliphatic carbocycles. The highest BCUT2D eigenvalue weighted by Gasteiger charge is 2.27. The molecular weight excluding hydrogens is 1530 g/mol. The molecule has 0 aromatic carbocycles. The van der Waals surface area contributed by atoms with Crippen LogP contribution in [0, 0.1) is 0 Å². The molecule has 3 saturated heterocycles. The normalized spacial score (nSPS) is 12.2. The van der Waals surface area contributed by atoms with E-state index in [2.05, 4.69) is 96.5 Å². The minimum atomic E-state index is -0.712. The number of hydrogen-bond donors (Lipinski definition) is 4. The van der Waals surface area contributed by atoms with Gasteiger partial charge >= 0.3 is 87.9 Å². The molecule has 3 fully saturated rings. The van der Waals surface area contributed by atoms with Gasteiger partial charge in [-0.3, -0.25) is 0 Å². The summed E-state index contributed by atoms with van der Waals surface area (Å²) < 4.78 is 175. The molecule has 40 nitrogen and oxygen atoms in total. The lowest BCUT2D eigenvalue weighted by atomic mass is 10.2. The van der Waals surface area contributed by atoms with Gasteiger partial charge in [0.15, 0.2) is 0 Å². The molecule has 648 valence electrons. The van der Waals surface area contributed by atoms with Crippen molar-refractivity contribution in [2.45, 2.75) is 39.5 Å². The van der Waals surface area contributed by atoms with Crippen LogP contribution in [0.4, 0.5) is 0 Å². The van der Waals surface area contributed by atoms with Crippen LogP contribution in [0.5, 0.6) is 0 Å². The Bertz CT molecular complexity index is 1440. The van der Waals surface area contributed by atoms with E-state index in [1.54, 1.807) is 25.3 Å². The molecule has 3 aliphatic rings. The summed E-state index contributed by atoms with van der Waals surface area (Å²) in [6.07, 6.45) is 8.81. The lowest BCUT2D eigenvalue weighted by molar-refractivity contribution is 0.0531. The summed E-state index contributed by atoms with van der Waals surface area (Å²) in [4.78, 5) is 0. The van der Waals surface area contributed by atoms with E-state index < -0.39 is 87.9 Å². The zero-order valence-corrected chi connectivity index (χ0v) is 71.7. The number of hydrogen-bond acceptors (Lipinski definition) is 40. The first-order valence-corrected chi connectivity index (χ1v) is 35.9. The summed E-state index contributed by atoms with van der Waals surface area (Å²) in [5.74, 6) is 1.18. The third kappa shape index (κ3) is 107. The molecule has 55 heteroatoms. The molecule has 3 aliphatic heterocycles. The molecule has 0 atom stereocenters. The Morgan fingerprint density at radius 2 is 0.500 bits per heavy atom. The second kappa shape index (κ2) is 117. The second-order valence-electron chi connectivity index (χ2n) is 18.5. The van der Waals surface area contributed by atoms with E-state index in [0.717, 1.165) is 65.3 Å². The van der Waals surface area contributed by atoms with Crippen molar-refractivity contribution in [1.29, 1.82) is 0 Å². The van der Waals surface area contributed by atoms with Gasteiger partial charge in [0.25, 0.3) is 0 Å². The predicted molar refractivity (Wildman–Crippen MR) is 431 cm³/mol. The molecule has 0 radical (unpaired) electrons. The first-order chi connectivity index (χ1) is 53.4. The monoisotopic (exact) mass is 1660 g/mol. The highest BCUT2D eigenvalue weighted by molar-refractivity contribution is 6.39. The van der Waals surface area contributed by atoms with Crippen molar-refractivity contribution in [3.05, 3.63) is 38.0 Å². The van der Waals surface area contributed by atoms with Crippen LogP contribution in [0.1, 0.15) is 39.5 Å². The average molecular weight is 1660 g/mol. The van der Waals surface area contributed by atoms with Crippen molar-refractivity contribution < 1.29 is 168 Å². The van der Waals surface area contributed by atoms with Crippen LogP contribution in [0.25, 0.3) is 0 Å². The number of nitrogens with two attached hydrogens (primary N) is 4. The quantitative estimate of drug-likeness (QED) is 0.0379. The predicted octanol–water partition coefficient (Wildman–Crippen LogP) is 1.34. The minimum Gasteiger partial charge on any atom is -0.389 e. The van der Waals surface area contributed by atoms with Crippen LogP contribution in [-0.4, -0.2) is 379 Å². The Morgan fingerprint density at radius 3 is 0.673 bits per heavy atom. The van der Waals surface area contributed by atoms with Crippen LogP contribution >= 0.6 is 34.8 Å². The summed E-state index contributed by atoms with van der Waals surface area (Å²) in [6.45, 7) is 26.1. The Balaban J connectivity index is -0.000000146. The van der Waals surface area contributed by atoms with Gasteiger partial charge in [0.1, 0.15) is 0 Å². The second-order valence-corrected chi connectivity index (χ2v) is 19.6. The standard InChI is InChI=1S/C9H15BO3.C6H12BCl3O3.C6H18BN3O3.C6H13BO3.C5H11BO3.C4H12BNO3.C4H9BO3.5C3H9BO3/c1-4-7-11-10(12-8-5-2)13-9-6-3;2*8-1-4-11-7(12-5-2-9)13-6-3-10;1-2-4-8-7-9-5-3-6-10-7;1-2-7-6-8-4-3-5-9-6;1-7-5(8-2)9-4-3-6;1-6-5-7-3-2-4-8-5;5*1-5-4(6-2)7-3/h4-6H,1-3,7-9H2;1-6H2;1-6,8-10H2;2-6H2,1H3;2-5H2,1H3;3-4,6H2,1-2H3;2-4H2,1H3;5*1-3H3. The van der Waals surface area contributed by atoms with Crippen LogP contribution < -0.4 is 22.9 Å². The van der Waals surface area contributed by atoms with E-state index >= 15 is 0 Å². The Labute approximate surface area is 678 Å². The topological polar surface area (TPSA) is 436 Å². The number of rotatable bonds is 53. The van der Waals surface area contributed by atoms with E-state index in [-0.39, 0.29) is 0 Å². The first kappa shape index (κ1) is 127. The van der Waals surface area contributed by atoms with E-state index in [4.69, 9.17) is 155 Å². The Kier molecular flexibility index (Phi) is 135. The highest BCUT2D eigenvalue weighted by atomic mass is 35.5. The Morgan fingerprint density at radius 1 is 0.291 bits per heavy atom. The molecule has 0 unspecified atom stereocenters. The summed E-state index contributed by atoms with van der Waals surface area (Å²) in [5, 5.41) is 0. The summed E-state index contributed by atoms with van der Waals surface area (Å²) in [5.41, 5.74) is 20.9. The molecule has 0 aromatic heterocycles. The SMILES string of the molecule is C=CCOB(OCC=C)OCC=C.CCCOB1OCCCO1.CCOB1OCCCO1.COB(OC)OC.COB(OC)OC.COB(OC)OC.COB(OC)OC.COB(OC)OC.COB(OC)OCCN.COB1OCCCO1.ClCCOB(OCCCl)OCCCl.NCCOB(OCCN)OCCN. The van der Waals surface area contributed by atoms with E-state index in [1.165, 1.54) is 121 Å². The molecule has 0 saturated carbocycles. The Hall–Kier alpha value is -0.731. The molecule has 110 heavy (non-hydrogen) atoms. The fourth-order valence-corrected chi connectivity index (χ4v) is 5.97. The lowest BCUT2D eigenvalue weighted by Gasteiger charge is -2.18. The molecule has 8 N–H and O–H groups in total. The maximum absolute atomic E-state index is 5.43. The van der Waals surface area contributed by atoms with Crippen LogP contribution in [-0.2, 0) is 168 Å². The lowest BCUT2D eigenvalue weighted by Crippen LogP contribution is -2.33. The van der Waals surface area contributed by atoms with Crippen molar-refractivity contribution in [2.24, 2.45) is 22.9 Å². The number of halogens is 3. The zero-order valence-electron chi connectivity index (χ0n) is 69.4. The maximum Gasteiger partial charge on any atom is 0.640 e. The van der Waals surface area contributed by atoms with Crippen molar-refractivity contribution in [2.75, 3.05) is 291 Å². The summed E-state index contributed by atoms with van der Waals surface area (Å²) in [6, 6.07) is 0. The molecule has 3 heterocycles. The van der Waals surface area contributed by atoms with E-state index in [9.17, 15) is 0 Å². The third-order valence-electron chi connectivity index (χ3n) is 10.1. The highest BCUT2D eigenvalue weighted by Crippen LogP contribution is 2.04. The zero-order chi connectivity index (χ0) is 85.0. The molecular formula is C55H135B12Cl3N4O36. The molecule has 0 aromatic rings. The van der Waals surface area contributed by atoms with Crippen LogP contribution in [0.3, 0.4) is 0 Å². The van der Waals surface area contributed by atoms with Crippen molar-refractivity contribution >= 4 is 123 Å².